The third-order valence-electron chi connectivity index (χ3n) is 2.96. The Kier molecular flexibility index (Phi) is 5.64. The number of halogens is 2. The summed E-state index contributed by atoms with van der Waals surface area (Å²) in [5, 5.41) is 3.25. The molecule has 5 nitrogen and oxygen atoms in total. The predicted molar refractivity (Wildman–Crippen MR) is 91.3 cm³/mol. The van der Waals surface area contributed by atoms with Gasteiger partial charge in [0.1, 0.15) is 0 Å². The van der Waals surface area contributed by atoms with E-state index in [1.165, 1.54) is 31.2 Å². The second-order valence-electron chi connectivity index (χ2n) is 4.77. The molecule has 0 spiro atoms. The molecule has 2 N–H and O–H groups in total. The monoisotopic (exact) mass is 372 g/mol. The Bertz CT molecular complexity index is 811. The molecule has 122 valence electrons. The number of hydrogen-bond donors (Lipinski definition) is 2. The van der Waals surface area contributed by atoms with Gasteiger partial charge in [-0.15, -0.1) is 0 Å². The molecule has 0 aliphatic heterocycles. The van der Waals surface area contributed by atoms with Crippen molar-refractivity contribution in [3.8, 4) is 0 Å². The maximum absolute atomic E-state index is 12.2. The van der Waals surface area contributed by atoms with Crippen LogP contribution in [0.1, 0.15) is 6.92 Å². The Morgan fingerprint density at radius 2 is 1.74 bits per heavy atom. The summed E-state index contributed by atoms with van der Waals surface area (Å²) in [5.74, 6) is -0.548. The molecular weight excluding hydrogens is 359 g/mol. The van der Waals surface area contributed by atoms with Gasteiger partial charge in [-0.1, -0.05) is 41.4 Å². The predicted octanol–water partition coefficient (Wildman–Crippen LogP) is 3.30. The molecule has 23 heavy (non-hydrogen) atoms. The van der Waals surface area contributed by atoms with E-state index in [-0.39, 0.29) is 4.90 Å². The third kappa shape index (κ3) is 4.68. The van der Waals surface area contributed by atoms with Gasteiger partial charge in [-0.3, -0.25) is 4.79 Å². The SMILES string of the molecule is CC(NS(=O)(=O)c1ccccc1)C(=O)Nc1cc(Cl)ccc1Cl. The summed E-state index contributed by atoms with van der Waals surface area (Å²) in [6.07, 6.45) is 0. The zero-order chi connectivity index (χ0) is 17.0. The lowest BCUT2D eigenvalue weighted by Crippen LogP contribution is -2.41. The van der Waals surface area contributed by atoms with Crippen molar-refractivity contribution in [2.45, 2.75) is 17.9 Å². The number of benzene rings is 2. The first-order valence-electron chi connectivity index (χ1n) is 6.63. The summed E-state index contributed by atoms with van der Waals surface area (Å²) in [6, 6.07) is 11.4. The van der Waals surface area contributed by atoms with Crippen LogP contribution in [0.25, 0.3) is 0 Å². The molecule has 0 saturated heterocycles. The number of sulfonamides is 1. The lowest BCUT2D eigenvalue weighted by molar-refractivity contribution is -0.117. The van der Waals surface area contributed by atoms with Crippen molar-refractivity contribution >= 4 is 44.8 Å². The largest absolute Gasteiger partial charge is 0.323 e. The molecule has 0 aromatic heterocycles. The van der Waals surface area contributed by atoms with Gasteiger partial charge >= 0.3 is 0 Å². The Morgan fingerprint density at radius 1 is 1.09 bits per heavy atom. The molecule has 8 heteroatoms. The summed E-state index contributed by atoms with van der Waals surface area (Å²) in [7, 11) is -3.78. The molecule has 0 radical (unpaired) electrons. The van der Waals surface area contributed by atoms with Crippen molar-refractivity contribution < 1.29 is 13.2 Å². The lowest BCUT2D eigenvalue weighted by Gasteiger charge is -2.15. The zero-order valence-corrected chi connectivity index (χ0v) is 14.4. The molecule has 0 saturated carbocycles. The van der Waals surface area contributed by atoms with Gasteiger partial charge in [0.15, 0.2) is 0 Å². The van der Waals surface area contributed by atoms with E-state index in [0.717, 1.165) is 0 Å². The van der Waals surface area contributed by atoms with E-state index in [2.05, 4.69) is 10.0 Å². The van der Waals surface area contributed by atoms with Gasteiger partial charge in [-0.2, -0.15) is 4.72 Å². The Hall–Kier alpha value is -1.60. The standard InChI is InChI=1S/C15H14Cl2N2O3S/c1-10(19-23(21,22)12-5-3-2-4-6-12)15(20)18-14-9-11(16)7-8-13(14)17/h2-10,19H,1H3,(H,18,20). The quantitative estimate of drug-likeness (QED) is 0.845. The lowest BCUT2D eigenvalue weighted by atomic mass is 10.3. The van der Waals surface area contributed by atoms with Gasteiger partial charge in [-0.25, -0.2) is 8.42 Å². The van der Waals surface area contributed by atoms with Crippen molar-refractivity contribution in [2.24, 2.45) is 0 Å². The van der Waals surface area contributed by atoms with Gasteiger partial charge < -0.3 is 5.32 Å². The Morgan fingerprint density at radius 3 is 2.39 bits per heavy atom. The van der Waals surface area contributed by atoms with Crippen LogP contribution in [0, 0.1) is 0 Å². The van der Waals surface area contributed by atoms with Crippen LogP contribution in [0.2, 0.25) is 10.0 Å². The topological polar surface area (TPSA) is 75.3 Å². The van der Waals surface area contributed by atoms with Gasteiger partial charge in [0.25, 0.3) is 0 Å². The number of amides is 1. The van der Waals surface area contributed by atoms with Crippen LogP contribution < -0.4 is 10.0 Å². The number of rotatable bonds is 5. The second-order valence-corrected chi connectivity index (χ2v) is 7.33. The molecule has 0 heterocycles. The van der Waals surface area contributed by atoms with Gasteiger partial charge in [0.05, 0.1) is 21.6 Å². The molecule has 1 amide bonds. The van der Waals surface area contributed by atoms with Gasteiger partial charge in [0, 0.05) is 5.02 Å². The highest BCUT2D eigenvalue weighted by molar-refractivity contribution is 7.89. The van der Waals surface area contributed by atoms with Crippen LogP contribution in [0.15, 0.2) is 53.4 Å². The summed E-state index contributed by atoms with van der Waals surface area (Å²) >= 11 is 11.8. The van der Waals surface area contributed by atoms with E-state index in [1.54, 1.807) is 24.3 Å². The first kappa shape index (κ1) is 17.7. The molecule has 0 fully saturated rings. The van der Waals surface area contributed by atoms with Crippen molar-refractivity contribution in [1.82, 2.24) is 4.72 Å². The van der Waals surface area contributed by atoms with Crippen LogP contribution in [0.5, 0.6) is 0 Å². The number of carbonyl (C=O) groups is 1. The Labute approximate surface area is 144 Å². The average Bonchev–Trinajstić information content (AvgIpc) is 2.51. The van der Waals surface area contributed by atoms with Crippen LogP contribution in [-0.4, -0.2) is 20.4 Å². The normalized spacial score (nSPS) is 12.7. The van der Waals surface area contributed by atoms with E-state index < -0.39 is 22.0 Å². The van der Waals surface area contributed by atoms with Crippen LogP contribution in [0.4, 0.5) is 5.69 Å². The molecule has 1 atom stereocenters. The van der Waals surface area contributed by atoms with E-state index in [4.69, 9.17) is 23.2 Å². The van der Waals surface area contributed by atoms with Gasteiger partial charge in [0.2, 0.25) is 15.9 Å². The summed E-state index contributed by atoms with van der Waals surface area (Å²) in [4.78, 5) is 12.2. The highest BCUT2D eigenvalue weighted by Crippen LogP contribution is 2.25. The minimum atomic E-state index is -3.78. The van der Waals surface area contributed by atoms with Crippen LogP contribution in [0.3, 0.4) is 0 Å². The maximum Gasteiger partial charge on any atom is 0.242 e. The smallest absolute Gasteiger partial charge is 0.242 e. The highest BCUT2D eigenvalue weighted by Gasteiger charge is 2.22. The molecule has 2 aromatic carbocycles. The summed E-state index contributed by atoms with van der Waals surface area (Å²) in [5.41, 5.74) is 0.315. The minimum absolute atomic E-state index is 0.0837. The van der Waals surface area contributed by atoms with Crippen LogP contribution >= 0.6 is 23.2 Å². The minimum Gasteiger partial charge on any atom is -0.323 e. The third-order valence-corrected chi connectivity index (χ3v) is 5.09. The van der Waals surface area contributed by atoms with Crippen molar-refractivity contribution in [3.63, 3.8) is 0 Å². The fourth-order valence-electron chi connectivity index (χ4n) is 1.79. The second kappa shape index (κ2) is 7.31. The van der Waals surface area contributed by atoms with E-state index >= 15 is 0 Å². The Balaban J connectivity index is 2.10. The fourth-order valence-corrected chi connectivity index (χ4v) is 3.35. The number of hydrogen-bond acceptors (Lipinski definition) is 3. The first-order valence-corrected chi connectivity index (χ1v) is 8.87. The summed E-state index contributed by atoms with van der Waals surface area (Å²) in [6.45, 7) is 1.44. The van der Waals surface area contributed by atoms with E-state index in [1.807, 2.05) is 0 Å². The van der Waals surface area contributed by atoms with E-state index in [0.29, 0.717) is 15.7 Å². The molecule has 1 unspecified atom stereocenters. The summed E-state index contributed by atoms with van der Waals surface area (Å²) < 4.78 is 26.7. The number of carbonyl (C=O) groups excluding carboxylic acids is 1. The van der Waals surface area contributed by atoms with E-state index in [9.17, 15) is 13.2 Å². The first-order chi connectivity index (χ1) is 10.8. The molecule has 0 aliphatic carbocycles. The zero-order valence-electron chi connectivity index (χ0n) is 12.1. The molecule has 2 rings (SSSR count). The van der Waals surface area contributed by atoms with Gasteiger partial charge in [-0.05, 0) is 37.3 Å². The molecule has 0 bridgehead atoms. The number of nitrogens with one attached hydrogen (secondary N) is 2. The number of anilines is 1. The molecular formula is C15H14Cl2N2O3S. The van der Waals surface area contributed by atoms with Crippen molar-refractivity contribution in [3.05, 3.63) is 58.6 Å². The van der Waals surface area contributed by atoms with Crippen molar-refractivity contribution in [1.29, 1.82) is 0 Å². The maximum atomic E-state index is 12.2. The van der Waals surface area contributed by atoms with Crippen LogP contribution in [-0.2, 0) is 14.8 Å². The average molecular weight is 373 g/mol. The van der Waals surface area contributed by atoms with Crippen molar-refractivity contribution in [2.75, 3.05) is 5.32 Å². The molecule has 0 aliphatic rings. The fraction of sp³-hybridized carbons (Fsp3) is 0.133. The highest BCUT2D eigenvalue weighted by atomic mass is 35.5. The molecule has 2 aromatic rings.